The van der Waals surface area contributed by atoms with Crippen molar-refractivity contribution in [3.8, 4) is 0 Å². The summed E-state index contributed by atoms with van der Waals surface area (Å²) in [4.78, 5) is 54.4. The number of nitrogens with zero attached hydrogens (tertiary/aromatic N) is 2. The number of esters is 1. The van der Waals surface area contributed by atoms with Gasteiger partial charge in [0.1, 0.15) is 12.1 Å². The van der Waals surface area contributed by atoms with Gasteiger partial charge in [-0.15, -0.1) is 0 Å². The molecule has 1 N–H and O–H groups in total. The molecule has 214 valence electrons. The van der Waals surface area contributed by atoms with Crippen LogP contribution in [0.4, 0.5) is 0 Å². The molecule has 0 aromatic carbocycles. The van der Waals surface area contributed by atoms with Gasteiger partial charge in [-0.1, -0.05) is 56.7 Å². The summed E-state index contributed by atoms with van der Waals surface area (Å²) >= 11 is 5.90. The van der Waals surface area contributed by atoms with Crippen LogP contribution in [0.1, 0.15) is 62.2 Å². The smallest absolute Gasteiger partial charge is 0.337 e. The molecule has 40 heavy (non-hydrogen) atoms. The fraction of sp³-hybridized carbons (Fsp3) is 0.419. The molecule has 1 aliphatic carbocycles. The van der Waals surface area contributed by atoms with E-state index in [9.17, 15) is 19.2 Å². The summed E-state index contributed by atoms with van der Waals surface area (Å²) in [6.07, 6.45) is 10.1. The van der Waals surface area contributed by atoms with Gasteiger partial charge in [0.25, 0.3) is 11.5 Å². The van der Waals surface area contributed by atoms with E-state index in [4.69, 9.17) is 16.3 Å². The Balaban J connectivity index is 2.01. The number of pyridine rings is 1. The SMILES string of the molecule is C=CC(=CC=C(C)Cl)CCNC(=O)c1cc2c(n(CC(=O)N3CC(C)(C)C3)c1=O)CC(CC)=CC(C(=O)OC)=C2. The van der Waals surface area contributed by atoms with Crippen LogP contribution in [-0.2, 0) is 27.3 Å². The quantitative estimate of drug-likeness (QED) is 0.331. The van der Waals surface area contributed by atoms with E-state index >= 15 is 0 Å². The van der Waals surface area contributed by atoms with Gasteiger partial charge in [0.2, 0.25) is 5.91 Å². The minimum Gasteiger partial charge on any atom is -0.465 e. The zero-order valence-electron chi connectivity index (χ0n) is 23.9. The first-order valence-electron chi connectivity index (χ1n) is 13.4. The van der Waals surface area contributed by atoms with Crippen LogP contribution in [0.15, 0.2) is 63.5 Å². The summed E-state index contributed by atoms with van der Waals surface area (Å²) in [5, 5.41) is 3.42. The Bertz CT molecular complexity index is 1380. The molecule has 0 unspecified atom stereocenters. The van der Waals surface area contributed by atoms with E-state index in [1.807, 2.05) is 13.0 Å². The van der Waals surface area contributed by atoms with Crippen LogP contribution < -0.4 is 10.9 Å². The highest BCUT2D eigenvalue weighted by Gasteiger charge is 2.37. The standard InChI is InChI=1S/C31H38ClN3O5/c1-7-21(10-9-20(3)32)11-12-33-28(37)25-16-23-15-24(30(39)40-6)13-22(8-2)14-26(23)35(29(25)38)17-27(36)34-18-31(4,5)19-34/h7,9-10,13,15-16H,1,8,11-12,14,17-19H2,2-6H3,(H,33,37). The number of halogens is 1. The maximum Gasteiger partial charge on any atom is 0.337 e. The molecule has 2 aliphatic rings. The predicted octanol–water partition coefficient (Wildman–Crippen LogP) is 4.54. The number of nitrogens with one attached hydrogen (secondary N) is 1. The molecule has 0 spiro atoms. The summed E-state index contributed by atoms with van der Waals surface area (Å²) in [6, 6.07) is 1.50. The van der Waals surface area contributed by atoms with Gasteiger partial charge in [0.05, 0.1) is 12.7 Å². The van der Waals surface area contributed by atoms with Crippen LogP contribution in [-0.4, -0.2) is 54.0 Å². The molecule has 9 heteroatoms. The molecule has 1 aromatic heterocycles. The predicted molar refractivity (Wildman–Crippen MR) is 158 cm³/mol. The topological polar surface area (TPSA) is 97.7 Å². The van der Waals surface area contributed by atoms with Crippen molar-refractivity contribution in [3.05, 3.63) is 85.9 Å². The minimum atomic E-state index is -0.562. The maximum absolute atomic E-state index is 13.7. The summed E-state index contributed by atoms with van der Waals surface area (Å²) < 4.78 is 6.35. The first-order valence-corrected chi connectivity index (χ1v) is 13.7. The summed E-state index contributed by atoms with van der Waals surface area (Å²) in [5.74, 6) is -1.27. The number of carbonyl (C=O) groups excluding carboxylic acids is 3. The van der Waals surface area contributed by atoms with E-state index in [1.54, 1.807) is 36.1 Å². The minimum absolute atomic E-state index is 0.0343. The third kappa shape index (κ3) is 7.50. The Hall–Kier alpha value is -3.65. The number of ether oxygens (including phenoxy) is 1. The lowest BCUT2D eigenvalue weighted by atomic mass is 9.84. The Morgan fingerprint density at radius 2 is 1.90 bits per heavy atom. The van der Waals surface area contributed by atoms with Crippen molar-refractivity contribution in [1.82, 2.24) is 14.8 Å². The second-order valence-electron chi connectivity index (χ2n) is 10.9. The van der Waals surface area contributed by atoms with E-state index in [2.05, 4.69) is 25.7 Å². The van der Waals surface area contributed by atoms with E-state index in [-0.39, 0.29) is 30.0 Å². The van der Waals surface area contributed by atoms with E-state index in [1.165, 1.54) is 17.7 Å². The van der Waals surface area contributed by atoms with E-state index < -0.39 is 17.4 Å². The van der Waals surface area contributed by atoms with Crippen LogP contribution >= 0.6 is 11.6 Å². The number of hydrogen-bond donors (Lipinski definition) is 1. The number of amides is 2. The molecule has 1 aliphatic heterocycles. The largest absolute Gasteiger partial charge is 0.465 e. The lowest BCUT2D eigenvalue weighted by Gasteiger charge is -2.46. The van der Waals surface area contributed by atoms with Gasteiger partial charge < -0.3 is 19.5 Å². The second-order valence-corrected chi connectivity index (χ2v) is 11.5. The van der Waals surface area contributed by atoms with Crippen LogP contribution in [0.5, 0.6) is 0 Å². The van der Waals surface area contributed by atoms with Crippen LogP contribution in [0.25, 0.3) is 6.08 Å². The summed E-state index contributed by atoms with van der Waals surface area (Å²) in [5.41, 5.74) is 2.58. The van der Waals surface area contributed by atoms with Crippen LogP contribution in [0.2, 0.25) is 0 Å². The molecular formula is C31H38ClN3O5. The first kappa shape index (κ1) is 30.9. The highest BCUT2D eigenvalue weighted by Crippen LogP contribution is 2.29. The molecule has 3 rings (SSSR count). The number of fused-ring (bicyclic) bond motifs is 1. The van der Waals surface area contributed by atoms with Gasteiger partial charge in [0, 0.05) is 36.8 Å². The monoisotopic (exact) mass is 567 g/mol. The van der Waals surface area contributed by atoms with Gasteiger partial charge in [-0.25, -0.2) is 4.79 Å². The van der Waals surface area contributed by atoms with Gasteiger partial charge in [-0.05, 0) is 60.6 Å². The Labute approximate surface area is 240 Å². The van der Waals surface area contributed by atoms with Crippen molar-refractivity contribution in [2.45, 2.75) is 53.5 Å². The molecule has 2 amide bonds. The molecule has 1 fully saturated rings. The number of allylic oxidation sites excluding steroid dienone is 5. The molecule has 1 saturated heterocycles. The van der Waals surface area contributed by atoms with Crippen molar-refractivity contribution in [2.75, 3.05) is 26.7 Å². The molecule has 1 aromatic rings. The average molecular weight is 568 g/mol. The molecular weight excluding hydrogens is 530 g/mol. The third-order valence-corrected chi connectivity index (χ3v) is 7.12. The number of aromatic nitrogens is 1. The Morgan fingerprint density at radius 1 is 1.20 bits per heavy atom. The van der Waals surface area contributed by atoms with Crippen molar-refractivity contribution < 1.29 is 19.1 Å². The highest BCUT2D eigenvalue weighted by molar-refractivity contribution is 6.29. The van der Waals surface area contributed by atoms with Gasteiger partial charge >= 0.3 is 5.97 Å². The number of rotatable bonds is 10. The number of likely N-dealkylation sites (tertiary alicyclic amines) is 1. The van der Waals surface area contributed by atoms with Crippen molar-refractivity contribution in [1.29, 1.82) is 0 Å². The molecule has 0 atom stereocenters. The van der Waals surface area contributed by atoms with Crippen molar-refractivity contribution in [3.63, 3.8) is 0 Å². The zero-order chi connectivity index (χ0) is 29.6. The van der Waals surface area contributed by atoms with Crippen LogP contribution in [0.3, 0.4) is 0 Å². The maximum atomic E-state index is 13.7. The number of hydrogen-bond acceptors (Lipinski definition) is 5. The summed E-state index contributed by atoms with van der Waals surface area (Å²) in [7, 11) is 1.30. The Kier molecular flexibility index (Phi) is 10.1. The van der Waals surface area contributed by atoms with E-state index in [0.29, 0.717) is 54.2 Å². The fourth-order valence-corrected chi connectivity index (χ4v) is 4.89. The fourth-order valence-electron chi connectivity index (χ4n) is 4.82. The second kappa shape index (κ2) is 13.1. The number of methoxy groups -OCH3 is 1. The molecule has 2 heterocycles. The van der Waals surface area contributed by atoms with Crippen molar-refractivity contribution >= 4 is 35.5 Å². The summed E-state index contributed by atoms with van der Waals surface area (Å²) in [6.45, 7) is 12.9. The first-order chi connectivity index (χ1) is 18.9. The molecule has 8 nitrogen and oxygen atoms in total. The van der Waals surface area contributed by atoms with Crippen molar-refractivity contribution in [2.24, 2.45) is 5.41 Å². The lowest BCUT2D eigenvalue weighted by Crippen LogP contribution is -2.56. The number of carbonyl (C=O) groups is 3. The van der Waals surface area contributed by atoms with Gasteiger partial charge in [-0.3, -0.25) is 14.4 Å². The third-order valence-electron chi connectivity index (χ3n) is 6.99. The van der Waals surface area contributed by atoms with Gasteiger partial charge in [-0.2, -0.15) is 0 Å². The molecule has 0 saturated carbocycles. The van der Waals surface area contributed by atoms with Gasteiger partial charge in [0.15, 0.2) is 0 Å². The Morgan fingerprint density at radius 3 is 2.48 bits per heavy atom. The normalized spacial score (nSPS) is 16.6. The lowest BCUT2D eigenvalue weighted by molar-refractivity contribution is -0.142. The van der Waals surface area contributed by atoms with Crippen LogP contribution in [0, 0.1) is 5.41 Å². The molecule has 0 radical (unpaired) electrons. The average Bonchev–Trinajstić information content (AvgIpc) is 3.09. The zero-order valence-corrected chi connectivity index (χ0v) is 24.7. The van der Waals surface area contributed by atoms with E-state index in [0.717, 1.165) is 11.1 Å². The molecule has 0 bridgehead atoms. The highest BCUT2D eigenvalue weighted by atomic mass is 35.5.